The Morgan fingerprint density at radius 3 is 2.72 bits per heavy atom. The summed E-state index contributed by atoms with van der Waals surface area (Å²) in [6, 6.07) is 0. The van der Waals surface area contributed by atoms with Gasteiger partial charge < -0.3 is 4.74 Å². The van der Waals surface area contributed by atoms with E-state index in [-0.39, 0.29) is 10.8 Å². The van der Waals surface area contributed by atoms with Crippen molar-refractivity contribution in [3.05, 3.63) is 11.6 Å². The van der Waals surface area contributed by atoms with Gasteiger partial charge >= 0.3 is 6.09 Å². The van der Waals surface area contributed by atoms with Gasteiger partial charge in [0.2, 0.25) is 0 Å². The van der Waals surface area contributed by atoms with Gasteiger partial charge in [-0.15, -0.1) is 0 Å². The second kappa shape index (κ2) is 6.03. The molecule has 0 heterocycles. The highest BCUT2D eigenvalue weighted by Gasteiger charge is 2.71. The van der Waals surface area contributed by atoms with Gasteiger partial charge in [-0.05, 0) is 43.9 Å². The molecule has 2 saturated carbocycles. The molecular formula is C18H24Cl3NO3. The van der Waals surface area contributed by atoms with Gasteiger partial charge in [0.05, 0.1) is 1.37 Å². The molecule has 0 bridgehead atoms. The van der Waals surface area contributed by atoms with Crippen molar-refractivity contribution in [1.82, 2.24) is 5.32 Å². The van der Waals surface area contributed by atoms with Crippen molar-refractivity contribution < 1.29 is 15.7 Å². The Bertz CT molecular complexity index is 679. The minimum atomic E-state index is -2.26. The Morgan fingerprint density at radius 1 is 1.40 bits per heavy atom. The van der Waals surface area contributed by atoms with Crippen LogP contribution in [0.3, 0.4) is 0 Å². The standard InChI is InChI=1S/C18H24Cl3NO3/c1-11-5-8-16-6-4-7-17(11,16)12(2)9-15(16,3)10-25-14(24)22-13(23)18(19,20)21/h9,11H,4-8,10H2,1-3H3,(H,22,23,24)/t11-,15-,16+,17-/m1/s1/i10D/t10-,11+,15+,16-,17+/m0. The molecule has 7 heteroatoms. The quantitative estimate of drug-likeness (QED) is 0.506. The third kappa shape index (κ3) is 2.62. The van der Waals surface area contributed by atoms with Crippen molar-refractivity contribution in [2.24, 2.45) is 22.2 Å². The number of carbonyl (C=O) groups is 2. The number of hydrogen-bond acceptors (Lipinski definition) is 3. The largest absolute Gasteiger partial charge is 0.448 e. The van der Waals surface area contributed by atoms with E-state index >= 15 is 0 Å². The molecule has 0 radical (unpaired) electrons. The molecule has 0 aliphatic heterocycles. The predicted octanol–water partition coefficient (Wildman–Crippen LogP) is 5.16. The van der Waals surface area contributed by atoms with Crippen LogP contribution in [0.5, 0.6) is 0 Å². The summed E-state index contributed by atoms with van der Waals surface area (Å²) >= 11 is 16.4. The van der Waals surface area contributed by atoms with Gasteiger partial charge in [0.1, 0.15) is 6.58 Å². The number of amides is 2. The maximum absolute atomic E-state index is 12.1. The summed E-state index contributed by atoms with van der Waals surface area (Å²) in [6.45, 7) is 5.30. The number of alkyl halides is 3. The Hall–Kier alpha value is -0.450. The fourth-order valence-electron chi connectivity index (χ4n) is 6.12. The van der Waals surface area contributed by atoms with Crippen molar-refractivity contribution >= 4 is 46.8 Å². The van der Waals surface area contributed by atoms with Gasteiger partial charge in [0.15, 0.2) is 0 Å². The van der Waals surface area contributed by atoms with Gasteiger partial charge in [0.25, 0.3) is 9.70 Å². The maximum Gasteiger partial charge on any atom is 0.413 e. The molecule has 140 valence electrons. The molecule has 3 aliphatic rings. The topological polar surface area (TPSA) is 55.4 Å². The Kier molecular flexibility index (Phi) is 4.33. The Morgan fingerprint density at radius 2 is 2.08 bits per heavy atom. The normalized spacial score (nSPS) is 41.4. The summed E-state index contributed by atoms with van der Waals surface area (Å²) in [5, 5.41) is 1.89. The van der Waals surface area contributed by atoms with Crippen LogP contribution in [0.15, 0.2) is 11.6 Å². The first-order chi connectivity index (χ1) is 11.9. The summed E-state index contributed by atoms with van der Waals surface area (Å²) in [5.41, 5.74) is 0.712. The number of ether oxygens (including phenoxy) is 1. The van der Waals surface area contributed by atoms with Crippen LogP contribution < -0.4 is 5.32 Å². The predicted molar refractivity (Wildman–Crippen MR) is 98.8 cm³/mol. The van der Waals surface area contributed by atoms with E-state index in [1.165, 1.54) is 5.57 Å². The van der Waals surface area contributed by atoms with Gasteiger partial charge in [-0.2, -0.15) is 0 Å². The molecule has 0 aromatic rings. The van der Waals surface area contributed by atoms with Crippen LogP contribution in [0.25, 0.3) is 0 Å². The number of hydrogen-bond donors (Lipinski definition) is 1. The summed E-state index contributed by atoms with van der Waals surface area (Å²) in [5.74, 6) is -0.541. The van der Waals surface area contributed by atoms with Crippen LogP contribution in [-0.4, -0.2) is 22.4 Å². The van der Waals surface area contributed by atoms with Crippen molar-refractivity contribution in [2.75, 3.05) is 6.58 Å². The van der Waals surface area contributed by atoms with Gasteiger partial charge in [0, 0.05) is 10.8 Å². The molecule has 0 aromatic heterocycles. The summed E-state index contributed by atoms with van der Waals surface area (Å²) in [7, 11) is 0. The average Bonchev–Trinajstić information content (AvgIpc) is 3.09. The van der Waals surface area contributed by atoms with Crippen LogP contribution in [0.1, 0.15) is 54.2 Å². The lowest BCUT2D eigenvalue weighted by molar-refractivity contribution is -0.119. The Labute approximate surface area is 165 Å². The molecule has 25 heavy (non-hydrogen) atoms. The average molecular weight is 410 g/mol. The SMILES string of the molecule is [2H][C@H](OC(=O)NC(=O)C(Cl)(Cl)Cl)[C@@]1(C)C=C(C)[C@]23CCC[C@@]21CC[C@H]3C. The highest BCUT2D eigenvalue weighted by Crippen LogP contribution is 2.78. The maximum atomic E-state index is 12.1. The molecule has 3 rings (SSSR count). The molecule has 4 nitrogen and oxygen atoms in total. The number of nitrogens with one attached hydrogen (secondary N) is 1. The zero-order valence-corrected chi connectivity index (χ0v) is 16.9. The molecule has 0 unspecified atom stereocenters. The van der Waals surface area contributed by atoms with Crippen molar-refractivity contribution in [3.63, 3.8) is 0 Å². The minimum absolute atomic E-state index is 0.0740. The molecular weight excluding hydrogens is 385 g/mol. The van der Waals surface area contributed by atoms with Crippen molar-refractivity contribution in [3.8, 4) is 0 Å². The van der Waals surface area contributed by atoms with E-state index in [2.05, 4.69) is 19.9 Å². The molecule has 2 amide bonds. The van der Waals surface area contributed by atoms with E-state index in [1.54, 1.807) is 0 Å². The smallest absolute Gasteiger partial charge is 0.413 e. The van der Waals surface area contributed by atoms with Crippen LogP contribution in [0, 0.1) is 22.2 Å². The molecule has 2 fully saturated rings. The lowest BCUT2D eigenvalue weighted by atomic mass is 9.56. The molecule has 0 saturated heterocycles. The van der Waals surface area contributed by atoms with Gasteiger partial charge in [-0.3, -0.25) is 10.1 Å². The van der Waals surface area contributed by atoms with Crippen molar-refractivity contribution in [2.45, 2.75) is 56.7 Å². The van der Waals surface area contributed by atoms with E-state index in [0.717, 1.165) is 32.1 Å². The van der Waals surface area contributed by atoms with Crippen LogP contribution in [0.2, 0.25) is 0 Å². The number of alkyl carbamates (subject to hydrolysis) is 1. The van der Waals surface area contributed by atoms with Crippen molar-refractivity contribution in [1.29, 1.82) is 0 Å². The number of imide groups is 1. The summed E-state index contributed by atoms with van der Waals surface area (Å²) in [4.78, 5) is 23.7. The number of halogens is 3. The molecule has 5 atom stereocenters. The van der Waals surface area contributed by atoms with E-state index in [9.17, 15) is 9.59 Å². The van der Waals surface area contributed by atoms with Crippen LogP contribution >= 0.6 is 34.8 Å². The lowest BCUT2D eigenvalue weighted by Gasteiger charge is -2.47. The Balaban J connectivity index is 1.83. The fourth-order valence-corrected chi connectivity index (χ4v) is 6.26. The summed E-state index contributed by atoms with van der Waals surface area (Å²) in [6.07, 6.45) is 6.47. The molecule has 1 N–H and O–H groups in total. The monoisotopic (exact) mass is 408 g/mol. The number of allylic oxidation sites excluding steroid dienone is 1. The van der Waals surface area contributed by atoms with E-state index in [4.69, 9.17) is 40.9 Å². The zero-order valence-electron chi connectivity index (χ0n) is 15.6. The third-order valence-electron chi connectivity index (χ3n) is 7.01. The number of rotatable bonds is 2. The first-order valence-corrected chi connectivity index (χ1v) is 9.75. The van der Waals surface area contributed by atoms with E-state index in [0.29, 0.717) is 5.92 Å². The molecule has 0 aromatic carbocycles. The molecule has 3 aliphatic carbocycles. The highest BCUT2D eigenvalue weighted by atomic mass is 35.6. The third-order valence-corrected chi connectivity index (χ3v) is 7.52. The zero-order chi connectivity index (χ0) is 19.5. The second-order valence-electron chi connectivity index (χ2n) is 7.93. The first kappa shape index (κ1) is 17.9. The number of carbonyl (C=O) groups excluding carboxylic acids is 2. The second-order valence-corrected chi connectivity index (χ2v) is 10.2. The first-order valence-electron chi connectivity index (χ1n) is 9.19. The van der Waals surface area contributed by atoms with E-state index < -0.39 is 27.8 Å². The van der Waals surface area contributed by atoms with Gasteiger partial charge in [-0.1, -0.05) is 66.7 Å². The van der Waals surface area contributed by atoms with Crippen LogP contribution in [-0.2, 0) is 9.53 Å². The summed E-state index contributed by atoms with van der Waals surface area (Å²) < 4.78 is 11.6. The van der Waals surface area contributed by atoms with Crippen LogP contribution in [0.4, 0.5) is 4.79 Å². The fraction of sp³-hybridized carbons (Fsp3) is 0.778. The van der Waals surface area contributed by atoms with Gasteiger partial charge in [-0.25, -0.2) is 4.79 Å². The highest BCUT2D eigenvalue weighted by molar-refractivity contribution is 6.76. The lowest BCUT2D eigenvalue weighted by Crippen LogP contribution is -2.46. The molecule has 0 spiro atoms. The van der Waals surface area contributed by atoms with E-state index in [1.807, 2.05) is 12.2 Å². The minimum Gasteiger partial charge on any atom is -0.448 e.